The summed E-state index contributed by atoms with van der Waals surface area (Å²) in [5, 5.41) is 8.66. The molecule has 0 fully saturated rings. The van der Waals surface area contributed by atoms with Gasteiger partial charge in [-0.15, -0.1) is 0 Å². The molecule has 0 radical (unpaired) electrons. The van der Waals surface area contributed by atoms with E-state index in [1.165, 1.54) is 25.3 Å². The normalized spacial score (nSPS) is 12.5. The minimum absolute atomic E-state index is 0.0298. The van der Waals surface area contributed by atoms with E-state index >= 15 is 0 Å². The molecule has 4 nitrogen and oxygen atoms in total. The van der Waals surface area contributed by atoms with E-state index in [1.807, 2.05) is 0 Å². The maximum absolute atomic E-state index is 12.4. The summed E-state index contributed by atoms with van der Waals surface area (Å²) >= 11 is 0. The van der Waals surface area contributed by atoms with Crippen molar-refractivity contribution in [3.63, 3.8) is 0 Å². The van der Waals surface area contributed by atoms with Gasteiger partial charge >= 0.3 is 5.97 Å². The van der Waals surface area contributed by atoms with Crippen LogP contribution in [0.15, 0.2) is 18.2 Å². The predicted molar refractivity (Wildman–Crippen MR) is 57.3 cm³/mol. The van der Waals surface area contributed by atoms with Gasteiger partial charge in [-0.1, -0.05) is 12.1 Å². The number of halogens is 2. The first-order valence-electron chi connectivity index (χ1n) is 4.89. The van der Waals surface area contributed by atoms with Gasteiger partial charge in [-0.25, -0.2) is 8.78 Å². The molecule has 0 spiro atoms. The fraction of sp³-hybridized carbons (Fsp3) is 0.364. The van der Waals surface area contributed by atoms with Crippen LogP contribution in [0.25, 0.3) is 0 Å². The van der Waals surface area contributed by atoms with E-state index in [0.717, 1.165) is 0 Å². The van der Waals surface area contributed by atoms with Crippen LogP contribution in [-0.4, -0.2) is 24.2 Å². The molecular formula is C11H13F2NO3. The molecule has 0 amide bonds. The van der Waals surface area contributed by atoms with Gasteiger partial charge in [0.05, 0.1) is 7.11 Å². The van der Waals surface area contributed by atoms with E-state index in [4.69, 9.17) is 15.6 Å². The third-order valence-corrected chi connectivity index (χ3v) is 2.32. The van der Waals surface area contributed by atoms with Crippen molar-refractivity contribution in [1.29, 1.82) is 0 Å². The molecular weight excluding hydrogens is 232 g/mol. The van der Waals surface area contributed by atoms with Crippen LogP contribution < -0.4 is 10.5 Å². The Hall–Kier alpha value is -1.69. The van der Waals surface area contributed by atoms with Crippen LogP contribution in [0.1, 0.15) is 17.6 Å². The average molecular weight is 245 g/mol. The molecule has 0 aromatic heterocycles. The summed E-state index contributed by atoms with van der Waals surface area (Å²) in [5.41, 5.74) is 5.69. The van der Waals surface area contributed by atoms with Gasteiger partial charge in [0, 0.05) is 12.0 Å². The third-order valence-electron chi connectivity index (χ3n) is 2.32. The van der Waals surface area contributed by atoms with Crippen LogP contribution >= 0.6 is 0 Å². The highest BCUT2D eigenvalue weighted by molar-refractivity contribution is 5.73. The van der Waals surface area contributed by atoms with Gasteiger partial charge in [-0.3, -0.25) is 4.79 Å². The average Bonchev–Trinajstić information content (AvgIpc) is 2.28. The van der Waals surface area contributed by atoms with Gasteiger partial charge in [0.2, 0.25) is 0 Å². The Labute approximate surface area is 97.0 Å². The number of hydrogen-bond donors (Lipinski definition) is 2. The summed E-state index contributed by atoms with van der Waals surface area (Å²) < 4.78 is 29.8. The first kappa shape index (κ1) is 13.4. The van der Waals surface area contributed by atoms with E-state index in [-0.39, 0.29) is 17.7 Å². The smallest absolute Gasteiger partial charge is 0.320 e. The van der Waals surface area contributed by atoms with Crippen LogP contribution in [-0.2, 0) is 11.2 Å². The zero-order valence-corrected chi connectivity index (χ0v) is 9.19. The predicted octanol–water partition coefficient (Wildman–Crippen LogP) is 1.59. The highest BCUT2D eigenvalue weighted by atomic mass is 19.3. The van der Waals surface area contributed by atoms with Crippen LogP contribution in [0, 0.1) is 0 Å². The van der Waals surface area contributed by atoms with Gasteiger partial charge in [-0.2, -0.15) is 0 Å². The Bertz CT molecular complexity index is 410. The summed E-state index contributed by atoms with van der Waals surface area (Å²) in [6.07, 6.45) is -2.56. The fourth-order valence-corrected chi connectivity index (χ4v) is 1.39. The van der Waals surface area contributed by atoms with E-state index in [0.29, 0.717) is 5.56 Å². The van der Waals surface area contributed by atoms with Gasteiger partial charge in [0.25, 0.3) is 6.43 Å². The number of carboxylic acid groups (broad SMARTS) is 1. The van der Waals surface area contributed by atoms with E-state index in [1.54, 1.807) is 0 Å². The summed E-state index contributed by atoms with van der Waals surface area (Å²) in [7, 11) is 1.33. The zero-order chi connectivity index (χ0) is 13.0. The van der Waals surface area contributed by atoms with E-state index in [9.17, 15) is 13.6 Å². The minimum Gasteiger partial charge on any atom is -0.496 e. The second-order valence-electron chi connectivity index (χ2n) is 3.52. The van der Waals surface area contributed by atoms with Crippen molar-refractivity contribution < 1.29 is 23.4 Å². The topological polar surface area (TPSA) is 72.5 Å². The molecule has 0 saturated heterocycles. The number of nitrogens with two attached hydrogens (primary N) is 1. The number of ether oxygens (including phenoxy) is 1. The third kappa shape index (κ3) is 3.39. The molecule has 1 aromatic rings. The Morgan fingerprint density at radius 1 is 1.53 bits per heavy atom. The molecule has 94 valence electrons. The number of methoxy groups -OCH3 is 1. The molecule has 1 atom stereocenters. The Morgan fingerprint density at radius 2 is 2.18 bits per heavy atom. The SMILES string of the molecule is COc1cc(C(F)F)ccc1CC(N)C(=O)O. The molecule has 0 heterocycles. The molecule has 0 saturated carbocycles. The summed E-state index contributed by atoms with van der Waals surface area (Å²) in [6.45, 7) is 0. The standard InChI is InChI=1S/C11H13F2NO3/c1-17-9-5-7(10(12)13)3-2-6(9)4-8(14)11(15)16/h2-3,5,8,10H,4,14H2,1H3,(H,15,16). The fourth-order valence-electron chi connectivity index (χ4n) is 1.39. The molecule has 17 heavy (non-hydrogen) atoms. The molecule has 1 aromatic carbocycles. The lowest BCUT2D eigenvalue weighted by Gasteiger charge is -2.12. The first-order valence-corrected chi connectivity index (χ1v) is 4.89. The summed E-state index contributed by atoms with van der Waals surface area (Å²) in [4.78, 5) is 10.6. The van der Waals surface area contributed by atoms with Gasteiger partial charge in [-0.05, 0) is 11.6 Å². The molecule has 1 rings (SSSR count). The summed E-state index contributed by atoms with van der Waals surface area (Å²) in [6, 6.07) is 2.75. The van der Waals surface area contributed by atoms with E-state index in [2.05, 4.69) is 0 Å². The lowest BCUT2D eigenvalue weighted by atomic mass is 10.0. The van der Waals surface area contributed by atoms with Crippen molar-refractivity contribution in [2.75, 3.05) is 7.11 Å². The zero-order valence-electron chi connectivity index (χ0n) is 9.19. The summed E-state index contributed by atoms with van der Waals surface area (Å²) in [5.74, 6) is -0.926. The number of alkyl halides is 2. The number of aliphatic carboxylic acids is 1. The number of rotatable bonds is 5. The lowest BCUT2D eigenvalue weighted by Crippen LogP contribution is -2.32. The molecule has 0 aliphatic heterocycles. The highest BCUT2D eigenvalue weighted by Gasteiger charge is 2.17. The number of benzene rings is 1. The van der Waals surface area contributed by atoms with Gasteiger partial charge in [0.1, 0.15) is 11.8 Å². The maximum Gasteiger partial charge on any atom is 0.320 e. The molecule has 0 bridgehead atoms. The molecule has 3 N–H and O–H groups in total. The second-order valence-corrected chi connectivity index (χ2v) is 3.52. The second kappa shape index (κ2) is 5.58. The quantitative estimate of drug-likeness (QED) is 0.826. The number of hydrogen-bond acceptors (Lipinski definition) is 3. The van der Waals surface area contributed by atoms with Crippen molar-refractivity contribution in [1.82, 2.24) is 0 Å². The van der Waals surface area contributed by atoms with Gasteiger partial charge < -0.3 is 15.6 Å². The minimum atomic E-state index is -2.59. The molecule has 6 heteroatoms. The van der Waals surface area contributed by atoms with Crippen LogP contribution in [0.5, 0.6) is 5.75 Å². The van der Waals surface area contributed by atoms with Gasteiger partial charge in [0.15, 0.2) is 0 Å². The Balaban J connectivity index is 2.96. The first-order chi connectivity index (χ1) is 7.95. The van der Waals surface area contributed by atoms with Crippen molar-refractivity contribution in [3.8, 4) is 5.75 Å². The lowest BCUT2D eigenvalue weighted by molar-refractivity contribution is -0.138. The monoisotopic (exact) mass is 245 g/mol. The maximum atomic E-state index is 12.4. The number of carbonyl (C=O) groups is 1. The Kier molecular flexibility index (Phi) is 4.39. The van der Waals surface area contributed by atoms with Crippen molar-refractivity contribution in [2.24, 2.45) is 5.73 Å². The molecule has 0 aliphatic carbocycles. The van der Waals surface area contributed by atoms with Crippen LogP contribution in [0.3, 0.4) is 0 Å². The molecule has 0 aliphatic rings. The van der Waals surface area contributed by atoms with Crippen LogP contribution in [0.2, 0.25) is 0 Å². The van der Waals surface area contributed by atoms with Crippen LogP contribution in [0.4, 0.5) is 8.78 Å². The highest BCUT2D eigenvalue weighted by Crippen LogP contribution is 2.27. The number of carboxylic acids is 1. The van der Waals surface area contributed by atoms with Crippen molar-refractivity contribution in [3.05, 3.63) is 29.3 Å². The van der Waals surface area contributed by atoms with Crippen molar-refractivity contribution >= 4 is 5.97 Å². The Morgan fingerprint density at radius 3 is 2.65 bits per heavy atom. The van der Waals surface area contributed by atoms with Crippen molar-refractivity contribution in [2.45, 2.75) is 18.9 Å². The largest absolute Gasteiger partial charge is 0.496 e. The molecule has 1 unspecified atom stereocenters. The van der Waals surface area contributed by atoms with E-state index < -0.39 is 18.4 Å².